The van der Waals surface area contributed by atoms with Crippen molar-refractivity contribution in [2.75, 3.05) is 23.7 Å². The zero-order chi connectivity index (χ0) is 34.6. The van der Waals surface area contributed by atoms with Crippen LogP contribution in [0.3, 0.4) is 0 Å². The number of anilines is 1. The van der Waals surface area contributed by atoms with Gasteiger partial charge in [0, 0.05) is 53.9 Å². The van der Waals surface area contributed by atoms with Gasteiger partial charge in [-0.3, -0.25) is 13.9 Å². The minimum Gasteiger partial charge on any atom is -0.481 e. The van der Waals surface area contributed by atoms with Crippen LogP contribution in [0.15, 0.2) is 83.4 Å². The Kier molecular flexibility index (Phi) is 11.0. The van der Waals surface area contributed by atoms with Crippen molar-refractivity contribution in [3.63, 3.8) is 0 Å². The van der Waals surface area contributed by atoms with E-state index in [9.17, 15) is 26.2 Å². The van der Waals surface area contributed by atoms with E-state index < -0.39 is 31.6 Å². The molecule has 254 valence electrons. The van der Waals surface area contributed by atoms with Gasteiger partial charge in [-0.05, 0) is 62.9 Å². The molecule has 12 heteroatoms. The summed E-state index contributed by atoms with van der Waals surface area (Å²) in [4.78, 5) is 12.9. The van der Waals surface area contributed by atoms with Crippen molar-refractivity contribution >= 4 is 43.3 Å². The Hall–Kier alpha value is -3.58. The van der Waals surface area contributed by atoms with Crippen LogP contribution in [0.5, 0.6) is 0 Å². The topological polar surface area (TPSA) is 152 Å². The molecular weight excluding hydrogens is 641 g/mol. The van der Waals surface area contributed by atoms with Crippen LogP contribution in [0.4, 0.5) is 11.4 Å². The first-order valence-corrected chi connectivity index (χ1v) is 18.9. The minimum atomic E-state index is -4.38. The van der Waals surface area contributed by atoms with E-state index >= 15 is 0 Å². The summed E-state index contributed by atoms with van der Waals surface area (Å²) in [6, 6.07) is 12.8. The SMILES string of the molecule is CC1(C)C(\C=C/C=C\C=C2/N(CCCCCC(=O)O)c3ccc(S(=O)(=O)O)cc3C2(C)C)=[N+](CCCCS(=O)(=O)O)c2ccccc21. The molecule has 0 atom stereocenters. The number of aliphatic carboxylic acids is 1. The fraction of sp³-hybridized carbons (Fsp3) is 0.429. The average molecular weight is 686 g/mol. The van der Waals surface area contributed by atoms with Crippen molar-refractivity contribution in [2.24, 2.45) is 0 Å². The van der Waals surface area contributed by atoms with Crippen molar-refractivity contribution in [3.8, 4) is 0 Å². The lowest BCUT2D eigenvalue weighted by atomic mass is 9.81. The number of rotatable bonds is 15. The van der Waals surface area contributed by atoms with Crippen LogP contribution in [0.1, 0.15) is 77.3 Å². The molecule has 2 aromatic carbocycles. The molecule has 47 heavy (non-hydrogen) atoms. The second-order valence-electron chi connectivity index (χ2n) is 13.1. The largest absolute Gasteiger partial charge is 0.481 e. The molecule has 4 rings (SSSR count). The highest BCUT2D eigenvalue weighted by atomic mass is 32.2. The molecule has 3 N–H and O–H groups in total. The zero-order valence-corrected chi connectivity index (χ0v) is 29.0. The van der Waals surface area contributed by atoms with E-state index in [0.29, 0.717) is 32.4 Å². The fourth-order valence-electron chi connectivity index (χ4n) is 6.57. The maximum atomic E-state index is 11.9. The Bertz CT molecular complexity index is 1850. The van der Waals surface area contributed by atoms with Gasteiger partial charge in [0.1, 0.15) is 6.54 Å². The number of carboxylic acid groups (broad SMARTS) is 1. The average Bonchev–Trinajstić information content (AvgIpc) is 3.32. The summed E-state index contributed by atoms with van der Waals surface area (Å²) in [5, 5.41) is 9.00. The molecular formula is C35H45N2O8S2+. The van der Waals surface area contributed by atoms with Gasteiger partial charge >= 0.3 is 5.97 Å². The van der Waals surface area contributed by atoms with Crippen molar-refractivity contribution in [3.05, 3.63) is 89.7 Å². The third-order valence-corrected chi connectivity index (χ3v) is 10.7. The number of benzene rings is 2. The van der Waals surface area contributed by atoms with E-state index in [2.05, 4.69) is 41.5 Å². The number of carboxylic acids is 1. The van der Waals surface area contributed by atoms with E-state index in [1.54, 1.807) is 6.07 Å². The fourth-order valence-corrected chi connectivity index (χ4v) is 7.65. The molecule has 2 aliphatic rings. The van der Waals surface area contributed by atoms with E-state index in [0.717, 1.165) is 41.2 Å². The van der Waals surface area contributed by atoms with Crippen LogP contribution in [0.2, 0.25) is 0 Å². The van der Waals surface area contributed by atoms with E-state index in [4.69, 9.17) is 9.66 Å². The summed E-state index contributed by atoms with van der Waals surface area (Å²) in [5.41, 5.74) is 5.02. The molecule has 2 aliphatic heterocycles. The number of hydrogen-bond donors (Lipinski definition) is 3. The van der Waals surface area contributed by atoms with E-state index in [-0.39, 0.29) is 22.5 Å². The normalized spacial score (nSPS) is 18.1. The van der Waals surface area contributed by atoms with Gasteiger partial charge in [0.25, 0.3) is 20.2 Å². The number of carbonyl (C=O) groups is 1. The molecule has 2 aromatic rings. The van der Waals surface area contributed by atoms with Gasteiger partial charge in [0.05, 0.1) is 16.1 Å². The van der Waals surface area contributed by atoms with Crippen molar-refractivity contribution < 1.29 is 40.4 Å². The highest BCUT2D eigenvalue weighted by Gasteiger charge is 2.44. The zero-order valence-electron chi connectivity index (χ0n) is 27.4. The summed E-state index contributed by atoms with van der Waals surface area (Å²) >= 11 is 0. The van der Waals surface area contributed by atoms with E-state index in [1.165, 1.54) is 17.7 Å². The van der Waals surface area contributed by atoms with Crippen LogP contribution in [-0.2, 0) is 35.9 Å². The van der Waals surface area contributed by atoms with Crippen LogP contribution in [0, 0.1) is 0 Å². The van der Waals surface area contributed by atoms with Crippen LogP contribution in [0.25, 0.3) is 0 Å². The van der Waals surface area contributed by atoms with Gasteiger partial charge in [-0.15, -0.1) is 0 Å². The maximum absolute atomic E-state index is 11.9. The molecule has 0 saturated heterocycles. The quantitative estimate of drug-likeness (QED) is 0.0835. The summed E-state index contributed by atoms with van der Waals surface area (Å²) in [5.74, 6) is -1.09. The van der Waals surface area contributed by atoms with Gasteiger partial charge < -0.3 is 10.0 Å². The van der Waals surface area contributed by atoms with Crippen LogP contribution >= 0.6 is 0 Å². The van der Waals surface area contributed by atoms with Crippen LogP contribution < -0.4 is 4.90 Å². The summed E-state index contributed by atoms with van der Waals surface area (Å²) in [6.07, 6.45) is 13.0. The van der Waals surface area contributed by atoms with Gasteiger partial charge in [-0.1, -0.05) is 56.7 Å². The number of para-hydroxylation sites is 1. The monoisotopic (exact) mass is 685 g/mol. The second kappa shape index (κ2) is 14.3. The molecule has 0 fully saturated rings. The first-order valence-electron chi connectivity index (χ1n) is 15.8. The molecule has 0 amide bonds. The summed E-state index contributed by atoms with van der Waals surface area (Å²) in [7, 11) is -8.39. The van der Waals surface area contributed by atoms with Crippen molar-refractivity contribution in [1.82, 2.24) is 0 Å². The lowest BCUT2D eigenvalue weighted by Crippen LogP contribution is -2.28. The molecule has 0 saturated carbocycles. The molecule has 2 heterocycles. The molecule has 0 aromatic heterocycles. The molecule has 0 bridgehead atoms. The minimum absolute atomic E-state index is 0.112. The Labute approximate surface area is 278 Å². The van der Waals surface area contributed by atoms with Crippen molar-refractivity contribution in [1.29, 1.82) is 0 Å². The second-order valence-corrected chi connectivity index (χ2v) is 16.1. The Morgan fingerprint density at radius 3 is 2.26 bits per heavy atom. The van der Waals surface area contributed by atoms with E-state index in [1.807, 2.05) is 50.3 Å². The Morgan fingerprint density at radius 2 is 1.57 bits per heavy atom. The van der Waals surface area contributed by atoms with Crippen molar-refractivity contribution in [2.45, 2.75) is 81.9 Å². The number of allylic oxidation sites excluding steroid dienone is 6. The molecule has 0 radical (unpaired) electrons. The smallest absolute Gasteiger partial charge is 0.303 e. The number of unbranched alkanes of at least 4 members (excludes halogenated alkanes) is 3. The summed E-state index contributed by atoms with van der Waals surface area (Å²) in [6.45, 7) is 9.54. The highest BCUT2D eigenvalue weighted by molar-refractivity contribution is 7.86. The van der Waals surface area contributed by atoms with Crippen LogP contribution in [-0.4, -0.2) is 66.1 Å². The Balaban J connectivity index is 1.61. The third kappa shape index (κ3) is 8.48. The molecule has 0 aliphatic carbocycles. The number of nitrogens with zero attached hydrogens (tertiary/aromatic N) is 2. The molecule has 10 nitrogen and oxygen atoms in total. The molecule has 0 spiro atoms. The summed E-state index contributed by atoms with van der Waals surface area (Å²) < 4.78 is 67.4. The van der Waals surface area contributed by atoms with Gasteiger partial charge in [-0.25, -0.2) is 0 Å². The number of hydrogen-bond acceptors (Lipinski definition) is 6. The first-order chi connectivity index (χ1) is 21.9. The van der Waals surface area contributed by atoms with Gasteiger partial charge in [-0.2, -0.15) is 21.4 Å². The highest BCUT2D eigenvalue weighted by Crippen LogP contribution is 2.48. The van der Waals surface area contributed by atoms with Gasteiger partial charge in [0.15, 0.2) is 5.71 Å². The third-order valence-electron chi connectivity index (χ3n) is 9.00. The maximum Gasteiger partial charge on any atom is 0.303 e. The predicted molar refractivity (Wildman–Crippen MR) is 184 cm³/mol. The lowest BCUT2D eigenvalue weighted by Gasteiger charge is -2.27. The predicted octanol–water partition coefficient (Wildman–Crippen LogP) is 6.42. The standard InChI is InChI=1S/C35H44N2O8S2/c1-34(2)27-15-10-11-16-29(27)36(23-13-14-24-46(40,41)42)31(34)17-7-5-8-18-32-35(3,4)28-25-26(47(43,44)45)20-21-30(28)37(32)22-12-6-9-19-33(38)39/h5,7-8,10-11,15-18,20-21,25H,6,9,12-14,19,22-24H2,1-4H3,(H2-,38,39,40,41,42,43,44,45)/p+1. The lowest BCUT2D eigenvalue weighted by molar-refractivity contribution is -0.438. The number of fused-ring (bicyclic) bond motifs is 2. The first kappa shape index (κ1) is 36.3. The Morgan fingerprint density at radius 1 is 0.851 bits per heavy atom. The molecule has 0 unspecified atom stereocenters. The van der Waals surface area contributed by atoms with Gasteiger partial charge in [0.2, 0.25) is 5.69 Å².